The van der Waals surface area contributed by atoms with Crippen LogP contribution in [0.25, 0.3) is 0 Å². The number of nitrogens with one attached hydrogen (secondary N) is 1. The van der Waals surface area contributed by atoms with Gasteiger partial charge < -0.3 is 16.2 Å². The van der Waals surface area contributed by atoms with Gasteiger partial charge in [-0.1, -0.05) is 44.2 Å². The van der Waals surface area contributed by atoms with E-state index in [1.165, 1.54) is 0 Å². The van der Waals surface area contributed by atoms with E-state index >= 15 is 0 Å². The standard InChI is InChI=1S/C15H22N2O3/c1-10(2)12(9-13(18)19)17-14(20)15(3,16)11-7-5-4-6-8-11/h4-8,10,12H,9,16H2,1-3H3,(H,17,20)(H,18,19). The first-order valence-corrected chi connectivity index (χ1v) is 6.62. The van der Waals surface area contributed by atoms with Gasteiger partial charge >= 0.3 is 5.97 Å². The van der Waals surface area contributed by atoms with E-state index < -0.39 is 17.6 Å². The highest BCUT2D eigenvalue weighted by atomic mass is 16.4. The van der Waals surface area contributed by atoms with Gasteiger partial charge in [0, 0.05) is 6.04 Å². The smallest absolute Gasteiger partial charge is 0.305 e. The molecule has 2 atom stereocenters. The number of aliphatic carboxylic acids is 1. The zero-order valence-corrected chi connectivity index (χ0v) is 12.1. The van der Waals surface area contributed by atoms with Crippen LogP contribution in [0.2, 0.25) is 0 Å². The van der Waals surface area contributed by atoms with E-state index in [1.807, 2.05) is 32.0 Å². The van der Waals surface area contributed by atoms with Gasteiger partial charge in [-0.25, -0.2) is 0 Å². The maximum absolute atomic E-state index is 12.3. The molecule has 5 nitrogen and oxygen atoms in total. The second-order valence-corrected chi connectivity index (χ2v) is 5.49. The minimum atomic E-state index is -1.19. The van der Waals surface area contributed by atoms with Crippen molar-refractivity contribution in [3.8, 4) is 0 Å². The molecule has 110 valence electrons. The van der Waals surface area contributed by atoms with Gasteiger partial charge in [-0.3, -0.25) is 9.59 Å². The molecule has 0 heterocycles. The summed E-state index contributed by atoms with van der Waals surface area (Å²) >= 11 is 0. The van der Waals surface area contributed by atoms with Gasteiger partial charge in [0.25, 0.3) is 0 Å². The van der Waals surface area contributed by atoms with Crippen molar-refractivity contribution in [2.24, 2.45) is 11.7 Å². The molecule has 0 saturated carbocycles. The van der Waals surface area contributed by atoms with Crippen LogP contribution in [0.15, 0.2) is 30.3 Å². The maximum Gasteiger partial charge on any atom is 0.305 e. The lowest BCUT2D eigenvalue weighted by Gasteiger charge is -2.28. The van der Waals surface area contributed by atoms with Crippen LogP contribution in [-0.4, -0.2) is 23.0 Å². The van der Waals surface area contributed by atoms with Crippen molar-refractivity contribution < 1.29 is 14.7 Å². The number of carboxylic acid groups (broad SMARTS) is 1. The lowest BCUT2D eigenvalue weighted by Crippen LogP contribution is -2.53. The third kappa shape index (κ3) is 4.06. The van der Waals surface area contributed by atoms with E-state index in [0.717, 1.165) is 0 Å². The first-order valence-electron chi connectivity index (χ1n) is 6.62. The van der Waals surface area contributed by atoms with Crippen LogP contribution in [0.5, 0.6) is 0 Å². The van der Waals surface area contributed by atoms with Gasteiger partial charge in [0.2, 0.25) is 5.91 Å². The van der Waals surface area contributed by atoms with E-state index in [4.69, 9.17) is 10.8 Å². The molecular formula is C15H22N2O3. The van der Waals surface area contributed by atoms with Crippen LogP contribution in [-0.2, 0) is 15.1 Å². The summed E-state index contributed by atoms with van der Waals surface area (Å²) in [7, 11) is 0. The molecule has 1 aromatic carbocycles. The van der Waals surface area contributed by atoms with Gasteiger partial charge in [-0.05, 0) is 18.4 Å². The fraction of sp³-hybridized carbons (Fsp3) is 0.467. The molecule has 0 fully saturated rings. The number of carbonyl (C=O) groups excluding carboxylic acids is 1. The van der Waals surface area contributed by atoms with Crippen molar-refractivity contribution in [1.82, 2.24) is 5.32 Å². The number of benzene rings is 1. The average molecular weight is 278 g/mol. The highest BCUT2D eigenvalue weighted by Gasteiger charge is 2.32. The average Bonchev–Trinajstić information content (AvgIpc) is 2.38. The van der Waals surface area contributed by atoms with Crippen molar-refractivity contribution in [3.63, 3.8) is 0 Å². The van der Waals surface area contributed by atoms with Crippen LogP contribution in [0, 0.1) is 5.92 Å². The van der Waals surface area contributed by atoms with Crippen molar-refractivity contribution in [3.05, 3.63) is 35.9 Å². The largest absolute Gasteiger partial charge is 0.481 e. The maximum atomic E-state index is 12.3. The fourth-order valence-corrected chi connectivity index (χ4v) is 1.88. The Balaban J connectivity index is 2.85. The normalized spacial score (nSPS) is 15.4. The molecule has 2 unspecified atom stereocenters. The molecule has 1 aromatic rings. The van der Waals surface area contributed by atoms with Crippen LogP contribution >= 0.6 is 0 Å². The highest BCUT2D eigenvalue weighted by Crippen LogP contribution is 2.18. The third-order valence-electron chi connectivity index (χ3n) is 3.36. The third-order valence-corrected chi connectivity index (χ3v) is 3.36. The van der Waals surface area contributed by atoms with Crippen molar-refractivity contribution >= 4 is 11.9 Å². The molecule has 0 bridgehead atoms. The molecule has 0 spiro atoms. The summed E-state index contributed by atoms with van der Waals surface area (Å²) in [6.45, 7) is 5.35. The van der Waals surface area contributed by atoms with E-state index in [1.54, 1.807) is 19.1 Å². The number of hydrogen-bond acceptors (Lipinski definition) is 3. The molecule has 0 aliphatic rings. The molecule has 1 rings (SSSR count). The number of rotatable bonds is 6. The second-order valence-electron chi connectivity index (χ2n) is 5.49. The van der Waals surface area contributed by atoms with Gasteiger partial charge in [-0.15, -0.1) is 0 Å². The molecular weight excluding hydrogens is 256 g/mol. The number of carboxylic acids is 1. The Bertz CT molecular complexity index is 469. The summed E-state index contributed by atoms with van der Waals surface area (Å²) in [4.78, 5) is 23.2. The van der Waals surface area contributed by atoms with Gasteiger partial charge in [-0.2, -0.15) is 0 Å². The Hall–Kier alpha value is -1.88. The molecule has 0 saturated heterocycles. The summed E-state index contributed by atoms with van der Waals surface area (Å²) in [5.41, 5.74) is 5.60. The van der Waals surface area contributed by atoms with E-state index in [2.05, 4.69) is 5.32 Å². The zero-order valence-electron chi connectivity index (χ0n) is 12.1. The van der Waals surface area contributed by atoms with E-state index in [-0.39, 0.29) is 18.2 Å². The number of amides is 1. The Labute approximate surface area is 119 Å². The quantitative estimate of drug-likeness (QED) is 0.734. The van der Waals surface area contributed by atoms with E-state index in [0.29, 0.717) is 5.56 Å². The van der Waals surface area contributed by atoms with Crippen LogP contribution in [0.4, 0.5) is 0 Å². The van der Waals surface area contributed by atoms with E-state index in [9.17, 15) is 9.59 Å². The first-order chi connectivity index (χ1) is 9.25. The molecule has 4 N–H and O–H groups in total. The monoisotopic (exact) mass is 278 g/mol. The summed E-state index contributed by atoms with van der Waals surface area (Å²) in [5, 5.41) is 11.6. The summed E-state index contributed by atoms with van der Waals surface area (Å²) in [5.74, 6) is -1.30. The molecule has 0 aliphatic heterocycles. The van der Waals surface area contributed by atoms with Gasteiger partial charge in [0.05, 0.1) is 6.42 Å². The van der Waals surface area contributed by atoms with Gasteiger partial charge in [0.15, 0.2) is 0 Å². The molecule has 0 aliphatic carbocycles. The Morgan fingerprint density at radius 1 is 1.30 bits per heavy atom. The zero-order chi connectivity index (χ0) is 15.3. The number of hydrogen-bond donors (Lipinski definition) is 3. The summed E-state index contributed by atoms with van der Waals surface area (Å²) in [6, 6.07) is 8.59. The minimum absolute atomic E-state index is 0.0154. The van der Waals surface area contributed by atoms with Crippen LogP contribution in [0.3, 0.4) is 0 Å². The van der Waals surface area contributed by atoms with Crippen molar-refractivity contribution in [2.75, 3.05) is 0 Å². The predicted molar refractivity (Wildman–Crippen MR) is 77.0 cm³/mol. The lowest BCUT2D eigenvalue weighted by molar-refractivity contribution is -0.138. The summed E-state index contributed by atoms with van der Waals surface area (Å²) in [6.07, 6.45) is -0.117. The predicted octanol–water partition coefficient (Wildman–Crippen LogP) is 1.48. The minimum Gasteiger partial charge on any atom is -0.481 e. The van der Waals surface area contributed by atoms with Crippen molar-refractivity contribution in [1.29, 1.82) is 0 Å². The Morgan fingerprint density at radius 2 is 1.85 bits per heavy atom. The molecule has 0 radical (unpaired) electrons. The molecule has 0 aromatic heterocycles. The summed E-state index contributed by atoms with van der Waals surface area (Å²) < 4.78 is 0. The second kappa shape index (κ2) is 6.52. The highest BCUT2D eigenvalue weighted by molar-refractivity contribution is 5.87. The molecule has 5 heteroatoms. The molecule has 1 amide bonds. The van der Waals surface area contributed by atoms with Gasteiger partial charge in [0.1, 0.15) is 5.54 Å². The fourth-order valence-electron chi connectivity index (χ4n) is 1.88. The van der Waals surface area contributed by atoms with Crippen LogP contribution < -0.4 is 11.1 Å². The SMILES string of the molecule is CC(C)C(CC(=O)O)NC(=O)C(C)(N)c1ccccc1. The van der Waals surface area contributed by atoms with Crippen LogP contribution in [0.1, 0.15) is 32.8 Å². The lowest BCUT2D eigenvalue weighted by atomic mass is 9.91. The number of nitrogens with two attached hydrogens (primary N) is 1. The molecule has 20 heavy (non-hydrogen) atoms. The Kier molecular flexibility index (Phi) is 5.27. The first kappa shape index (κ1) is 16.2. The van der Waals surface area contributed by atoms with Crippen molar-refractivity contribution in [2.45, 2.75) is 38.8 Å². The number of carbonyl (C=O) groups is 2. The Morgan fingerprint density at radius 3 is 2.30 bits per heavy atom. The topological polar surface area (TPSA) is 92.4 Å².